The van der Waals surface area contributed by atoms with Gasteiger partial charge in [0.2, 0.25) is 5.91 Å². The number of benzene rings is 1. The third-order valence-electron chi connectivity index (χ3n) is 3.29. The lowest BCUT2D eigenvalue weighted by Crippen LogP contribution is -2.28. The molecule has 5 heteroatoms. The second-order valence-corrected chi connectivity index (χ2v) is 4.68. The molecule has 0 saturated heterocycles. The number of methoxy groups -OCH3 is 1. The van der Waals surface area contributed by atoms with E-state index in [2.05, 4.69) is 5.32 Å². The molecule has 2 atom stereocenters. The third kappa shape index (κ3) is 3.47. The highest BCUT2D eigenvalue weighted by Gasteiger charge is 2.48. The smallest absolute Gasteiger partial charge is 0.307 e. The fraction of sp³-hybridized carbons (Fsp3) is 0.429. The van der Waals surface area contributed by atoms with Crippen LogP contribution in [0.5, 0.6) is 5.75 Å². The summed E-state index contributed by atoms with van der Waals surface area (Å²) in [7, 11) is 1.61. The van der Waals surface area contributed by atoms with Crippen molar-refractivity contribution in [2.45, 2.75) is 12.8 Å². The van der Waals surface area contributed by atoms with Gasteiger partial charge in [-0.3, -0.25) is 9.59 Å². The molecule has 1 aromatic rings. The number of nitrogens with one attached hydrogen (secondary N) is 1. The van der Waals surface area contributed by atoms with Crippen molar-refractivity contribution in [2.75, 3.05) is 13.7 Å². The van der Waals surface area contributed by atoms with Crippen molar-refractivity contribution in [3.05, 3.63) is 29.8 Å². The average molecular weight is 263 g/mol. The van der Waals surface area contributed by atoms with Crippen LogP contribution in [0.2, 0.25) is 0 Å². The first-order valence-corrected chi connectivity index (χ1v) is 6.25. The van der Waals surface area contributed by atoms with Gasteiger partial charge < -0.3 is 15.2 Å². The first-order chi connectivity index (χ1) is 9.11. The quantitative estimate of drug-likeness (QED) is 0.805. The van der Waals surface area contributed by atoms with Gasteiger partial charge in [-0.2, -0.15) is 0 Å². The van der Waals surface area contributed by atoms with E-state index in [0.717, 1.165) is 11.3 Å². The molecule has 2 rings (SSSR count). The SMILES string of the molecule is COc1cccc(CCNC(=O)C2CC2C(=O)O)c1. The summed E-state index contributed by atoms with van der Waals surface area (Å²) in [6.07, 6.45) is 1.16. The van der Waals surface area contributed by atoms with Gasteiger partial charge in [-0.15, -0.1) is 0 Å². The van der Waals surface area contributed by atoms with E-state index in [1.807, 2.05) is 24.3 Å². The second kappa shape index (κ2) is 5.73. The Labute approximate surface area is 111 Å². The number of hydrogen-bond acceptors (Lipinski definition) is 3. The van der Waals surface area contributed by atoms with Crippen molar-refractivity contribution in [3.8, 4) is 5.75 Å². The number of carbonyl (C=O) groups is 2. The molecule has 0 heterocycles. The topological polar surface area (TPSA) is 75.6 Å². The highest BCUT2D eigenvalue weighted by atomic mass is 16.5. The summed E-state index contributed by atoms with van der Waals surface area (Å²) in [5, 5.41) is 11.5. The first-order valence-electron chi connectivity index (χ1n) is 6.25. The van der Waals surface area contributed by atoms with Gasteiger partial charge in [-0.25, -0.2) is 0 Å². The third-order valence-corrected chi connectivity index (χ3v) is 3.29. The molecule has 1 amide bonds. The van der Waals surface area contributed by atoms with Crippen LogP contribution in [0.1, 0.15) is 12.0 Å². The maximum Gasteiger partial charge on any atom is 0.307 e. The molecule has 0 bridgehead atoms. The zero-order valence-corrected chi connectivity index (χ0v) is 10.8. The van der Waals surface area contributed by atoms with E-state index >= 15 is 0 Å². The van der Waals surface area contributed by atoms with E-state index in [1.54, 1.807) is 7.11 Å². The molecular weight excluding hydrogens is 246 g/mol. The van der Waals surface area contributed by atoms with Crippen LogP contribution in [-0.4, -0.2) is 30.6 Å². The van der Waals surface area contributed by atoms with Crippen LogP contribution < -0.4 is 10.1 Å². The van der Waals surface area contributed by atoms with Crippen molar-refractivity contribution in [3.63, 3.8) is 0 Å². The van der Waals surface area contributed by atoms with E-state index in [1.165, 1.54) is 0 Å². The molecule has 5 nitrogen and oxygen atoms in total. The molecule has 1 fully saturated rings. The maximum absolute atomic E-state index is 11.6. The van der Waals surface area contributed by atoms with E-state index < -0.39 is 11.9 Å². The number of ether oxygens (including phenoxy) is 1. The van der Waals surface area contributed by atoms with Crippen LogP contribution in [-0.2, 0) is 16.0 Å². The summed E-state index contributed by atoms with van der Waals surface area (Å²) < 4.78 is 5.12. The molecular formula is C14H17NO4. The van der Waals surface area contributed by atoms with Crippen molar-refractivity contribution in [2.24, 2.45) is 11.8 Å². The van der Waals surface area contributed by atoms with Gasteiger partial charge in [0.1, 0.15) is 5.75 Å². The number of amides is 1. The van der Waals surface area contributed by atoms with Crippen LogP contribution in [0, 0.1) is 11.8 Å². The van der Waals surface area contributed by atoms with Gasteiger partial charge in [-0.1, -0.05) is 12.1 Å². The van der Waals surface area contributed by atoms with Crippen molar-refractivity contribution >= 4 is 11.9 Å². The molecule has 0 spiro atoms. The molecule has 1 aliphatic rings. The minimum Gasteiger partial charge on any atom is -0.497 e. The summed E-state index contributed by atoms with van der Waals surface area (Å²) in [5.41, 5.74) is 1.07. The number of hydrogen-bond donors (Lipinski definition) is 2. The van der Waals surface area contributed by atoms with E-state index in [4.69, 9.17) is 9.84 Å². The molecule has 2 unspecified atom stereocenters. The Kier molecular flexibility index (Phi) is 4.04. The van der Waals surface area contributed by atoms with Crippen molar-refractivity contribution in [1.82, 2.24) is 5.32 Å². The number of carboxylic acids is 1. The van der Waals surface area contributed by atoms with Crippen LogP contribution in [0.4, 0.5) is 0 Å². The lowest BCUT2D eigenvalue weighted by Gasteiger charge is -2.06. The lowest BCUT2D eigenvalue weighted by atomic mass is 10.1. The Morgan fingerprint density at radius 2 is 2.21 bits per heavy atom. The molecule has 19 heavy (non-hydrogen) atoms. The Morgan fingerprint density at radius 1 is 1.42 bits per heavy atom. The van der Waals surface area contributed by atoms with Gasteiger partial charge in [-0.05, 0) is 30.5 Å². The zero-order chi connectivity index (χ0) is 13.8. The van der Waals surface area contributed by atoms with Crippen LogP contribution >= 0.6 is 0 Å². The van der Waals surface area contributed by atoms with Gasteiger partial charge in [0.25, 0.3) is 0 Å². The predicted octanol–water partition coefficient (Wildman–Crippen LogP) is 1.07. The lowest BCUT2D eigenvalue weighted by molar-refractivity contribution is -0.140. The number of rotatable bonds is 6. The molecule has 0 radical (unpaired) electrons. The number of carboxylic acid groups (broad SMARTS) is 1. The Morgan fingerprint density at radius 3 is 2.84 bits per heavy atom. The van der Waals surface area contributed by atoms with Gasteiger partial charge >= 0.3 is 5.97 Å². The zero-order valence-electron chi connectivity index (χ0n) is 10.8. The summed E-state index contributed by atoms with van der Waals surface area (Å²) in [4.78, 5) is 22.3. The standard InChI is InChI=1S/C14H17NO4/c1-19-10-4-2-3-9(7-10)5-6-15-13(16)11-8-12(11)14(17)18/h2-4,7,11-12H,5-6,8H2,1H3,(H,15,16)(H,17,18). The normalized spacial score (nSPS) is 20.7. The first kappa shape index (κ1) is 13.4. The van der Waals surface area contributed by atoms with E-state index in [-0.39, 0.29) is 11.8 Å². The highest BCUT2D eigenvalue weighted by Crippen LogP contribution is 2.38. The average Bonchev–Trinajstić information content (AvgIpc) is 3.19. The molecule has 1 aromatic carbocycles. The second-order valence-electron chi connectivity index (χ2n) is 4.68. The van der Waals surface area contributed by atoms with Crippen molar-refractivity contribution < 1.29 is 19.4 Å². The molecule has 0 aromatic heterocycles. The summed E-state index contributed by atoms with van der Waals surface area (Å²) in [5.74, 6) is -1.08. The van der Waals surface area contributed by atoms with E-state index in [9.17, 15) is 9.59 Å². The molecule has 2 N–H and O–H groups in total. The van der Waals surface area contributed by atoms with Gasteiger partial charge in [0.15, 0.2) is 0 Å². The predicted molar refractivity (Wildman–Crippen MR) is 68.9 cm³/mol. The Balaban J connectivity index is 1.74. The molecule has 1 aliphatic carbocycles. The van der Waals surface area contributed by atoms with Crippen LogP contribution in [0.15, 0.2) is 24.3 Å². The number of aliphatic carboxylic acids is 1. The molecule has 102 valence electrons. The minimum atomic E-state index is -0.882. The van der Waals surface area contributed by atoms with Crippen LogP contribution in [0.25, 0.3) is 0 Å². The van der Waals surface area contributed by atoms with Gasteiger partial charge in [0, 0.05) is 6.54 Å². The van der Waals surface area contributed by atoms with E-state index in [0.29, 0.717) is 19.4 Å². The summed E-state index contributed by atoms with van der Waals surface area (Å²) in [6.45, 7) is 0.509. The highest BCUT2D eigenvalue weighted by molar-refractivity contribution is 5.89. The minimum absolute atomic E-state index is 0.157. The molecule has 0 aliphatic heterocycles. The Hall–Kier alpha value is -2.04. The fourth-order valence-electron chi connectivity index (χ4n) is 2.05. The van der Waals surface area contributed by atoms with Crippen molar-refractivity contribution in [1.29, 1.82) is 0 Å². The largest absolute Gasteiger partial charge is 0.497 e. The molecule has 1 saturated carbocycles. The van der Waals surface area contributed by atoms with Crippen LogP contribution in [0.3, 0.4) is 0 Å². The maximum atomic E-state index is 11.6. The monoisotopic (exact) mass is 263 g/mol. The summed E-state index contributed by atoms with van der Waals surface area (Å²) in [6, 6.07) is 7.65. The Bertz CT molecular complexity index is 486. The number of carbonyl (C=O) groups excluding carboxylic acids is 1. The van der Waals surface area contributed by atoms with Gasteiger partial charge in [0.05, 0.1) is 18.9 Å². The summed E-state index contributed by atoms with van der Waals surface area (Å²) >= 11 is 0. The fourth-order valence-corrected chi connectivity index (χ4v) is 2.05.